The fraction of sp³-hybridized carbons (Fsp3) is 0.684. The molecule has 4 bridgehead atoms. The summed E-state index contributed by atoms with van der Waals surface area (Å²) in [5.41, 5.74) is 0.735. The van der Waals surface area contributed by atoms with Crippen LogP contribution in [0.1, 0.15) is 96.6 Å². The van der Waals surface area contributed by atoms with E-state index in [4.69, 9.17) is 28.1 Å². The molecule has 1 aromatic rings. The largest absolute Gasteiger partial charge is 0.459 e. The zero-order valence-corrected chi connectivity index (χ0v) is 30.3. The van der Waals surface area contributed by atoms with E-state index in [0.717, 1.165) is 31.4 Å². The molecule has 8 atom stereocenters. The van der Waals surface area contributed by atoms with Crippen molar-refractivity contribution in [2.75, 3.05) is 20.8 Å². The van der Waals surface area contributed by atoms with Gasteiger partial charge in [-0.15, -0.1) is 0 Å². The number of fused-ring (bicyclic) bond motifs is 4. The standard InChI is InChI=1S/C38H56N2O10/c1-25(2)10-8-12-28-18-29-16-15-26(3)34(48-29)22-30(44-4)19-31-20-32(21-33(47-31)23-37(42)49-28)50-36(41)14-7-6-11-27-24-46-35(40-27)13-9-17-39-38(43)45-5/h7-9,12-14,24-26,28-34H,6,10-11,15-23H2,1-5H3,(H,39,43)/b12-8-,13-9-,14-7-/t26-,28-,29-,30-,31+,32+,33-,34-/m0/s1. The average molecular weight is 701 g/mol. The number of hydrogen-bond acceptors (Lipinski definition) is 11. The van der Waals surface area contributed by atoms with Gasteiger partial charge in [0.05, 0.1) is 49.7 Å². The number of amides is 1. The first-order chi connectivity index (χ1) is 24.1. The Kier molecular flexibility index (Phi) is 16.0. The topological polar surface area (TPSA) is 145 Å². The number of ether oxygens (including phenoxy) is 6. The number of nitrogens with one attached hydrogen (secondary N) is 1. The molecule has 1 aromatic heterocycles. The molecule has 0 spiro atoms. The zero-order valence-electron chi connectivity index (χ0n) is 30.3. The van der Waals surface area contributed by atoms with E-state index in [1.54, 1.807) is 31.6 Å². The van der Waals surface area contributed by atoms with Gasteiger partial charge in [0.2, 0.25) is 5.89 Å². The first-order valence-electron chi connectivity index (χ1n) is 18.1. The Balaban J connectivity index is 1.34. The van der Waals surface area contributed by atoms with Gasteiger partial charge in [-0.3, -0.25) is 4.79 Å². The van der Waals surface area contributed by atoms with Crippen molar-refractivity contribution < 1.29 is 47.2 Å². The summed E-state index contributed by atoms with van der Waals surface area (Å²) in [5, 5.41) is 2.54. The van der Waals surface area contributed by atoms with Crippen molar-refractivity contribution in [2.24, 2.45) is 11.8 Å². The van der Waals surface area contributed by atoms with Gasteiger partial charge < -0.3 is 38.2 Å². The Morgan fingerprint density at radius 3 is 2.58 bits per heavy atom. The SMILES string of the molecule is COC(=O)NC/C=C\c1nc(CC/C=C\C(=O)O[C@H]2C[C@H]3CC(=O)O[C@@H](/C=C\CC(C)C)C[C@@H]4CC[C@H](C)[C@H](C[C@@H](OC)C[C@H](C2)O3)O4)co1. The maximum atomic E-state index is 13.3. The van der Waals surface area contributed by atoms with E-state index in [2.05, 4.69) is 41.9 Å². The highest BCUT2D eigenvalue weighted by Crippen LogP contribution is 2.34. The number of aryl methyl sites for hydroxylation is 1. The lowest BCUT2D eigenvalue weighted by Gasteiger charge is -2.40. The quantitative estimate of drug-likeness (QED) is 0.114. The van der Waals surface area contributed by atoms with Crippen LogP contribution in [0.25, 0.3) is 6.08 Å². The van der Waals surface area contributed by atoms with Crippen molar-refractivity contribution in [3.8, 4) is 0 Å². The zero-order chi connectivity index (χ0) is 35.9. The van der Waals surface area contributed by atoms with Gasteiger partial charge in [0, 0.05) is 45.4 Å². The fourth-order valence-corrected chi connectivity index (χ4v) is 6.66. The van der Waals surface area contributed by atoms with Crippen LogP contribution in [-0.2, 0) is 44.4 Å². The average Bonchev–Trinajstić information content (AvgIpc) is 3.52. The molecule has 3 aliphatic rings. The van der Waals surface area contributed by atoms with Crippen LogP contribution in [0.4, 0.5) is 4.79 Å². The molecule has 0 radical (unpaired) electrons. The van der Waals surface area contributed by atoms with Crippen LogP contribution in [0.3, 0.4) is 0 Å². The molecule has 3 aliphatic heterocycles. The number of methoxy groups -OCH3 is 2. The number of esters is 2. The third kappa shape index (κ3) is 13.7. The van der Waals surface area contributed by atoms with Crippen molar-refractivity contribution in [3.63, 3.8) is 0 Å². The third-order valence-electron chi connectivity index (χ3n) is 9.35. The summed E-state index contributed by atoms with van der Waals surface area (Å²) < 4.78 is 40.8. The Bertz CT molecular complexity index is 1310. The van der Waals surface area contributed by atoms with E-state index in [1.807, 2.05) is 6.08 Å². The minimum Gasteiger partial charge on any atom is -0.459 e. The van der Waals surface area contributed by atoms with E-state index in [1.165, 1.54) is 13.2 Å². The van der Waals surface area contributed by atoms with E-state index >= 15 is 0 Å². The Morgan fingerprint density at radius 2 is 1.80 bits per heavy atom. The van der Waals surface area contributed by atoms with Crippen LogP contribution < -0.4 is 5.32 Å². The summed E-state index contributed by atoms with van der Waals surface area (Å²) in [6.07, 6.45) is 17.2. The molecular formula is C38H56N2O10. The summed E-state index contributed by atoms with van der Waals surface area (Å²) in [7, 11) is 3.02. The summed E-state index contributed by atoms with van der Waals surface area (Å²) >= 11 is 0. The normalized spacial score (nSPS) is 29.6. The number of nitrogens with zero attached hydrogens (tertiary/aromatic N) is 1. The van der Waals surface area contributed by atoms with Crippen LogP contribution in [0.2, 0.25) is 0 Å². The number of alkyl carbamates (subject to hydrolysis) is 1. The smallest absolute Gasteiger partial charge is 0.407 e. The van der Waals surface area contributed by atoms with Gasteiger partial charge in [-0.25, -0.2) is 14.6 Å². The minimum atomic E-state index is -0.517. The first-order valence-corrected chi connectivity index (χ1v) is 18.1. The third-order valence-corrected chi connectivity index (χ3v) is 9.35. The highest BCUT2D eigenvalue weighted by Gasteiger charge is 2.38. The Labute approximate surface area is 296 Å². The van der Waals surface area contributed by atoms with Gasteiger partial charge in [0.1, 0.15) is 18.5 Å². The highest BCUT2D eigenvalue weighted by molar-refractivity contribution is 5.82. The van der Waals surface area contributed by atoms with Crippen LogP contribution in [-0.4, -0.2) is 86.5 Å². The molecule has 3 saturated heterocycles. The molecule has 278 valence electrons. The predicted molar refractivity (Wildman–Crippen MR) is 186 cm³/mol. The number of carbonyl (C=O) groups excluding carboxylic acids is 3. The van der Waals surface area contributed by atoms with Crippen LogP contribution >= 0.6 is 0 Å². The predicted octanol–water partition coefficient (Wildman–Crippen LogP) is 6.28. The summed E-state index contributed by atoms with van der Waals surface area (Å²) in [6.45, 7) is 6.83. The van der Waals surface area contributed by atoms with Crippen molar-refractivity contribution in [3.05, 3.63) is 48.2 Å². The van der Waals surface area contributed by atoms with Gasteiger partial charge in [0.15, 0.2) is 0 Å². The summed E-state index contributed by atoms with van der Waals surface area (Å²) in [5.74, 6) is 0.537. The lowest BCUT2D eigenvalue weighted by atomic mass is 9.86. The molecule has 1 amide bonds. The molecule has 0 unspecified atom stereocenters. The van der Waals surface area contributed by atoms with Gasteiger partial charge >= 0.3 is 18.0 Å². The molecule has 12 heteroatoms. The number of oxazole rings is 1. The monoisotopic (exact) mass is 700 g/mol. The molecule has 1 N–H and O–H groups in total. The lowest BCUT2D eigenvalue weighted by Crippen LogP contribution is -2.43. The van der Waals surface area contributed by atoms with Gasteiger partial charge in [-0.2, -0.15) is 0 Å². The maximum absolute atomic E-state index is 13.3. The molecule has 0 saturated carbocycles. The van der Waals surface area contributed by atoms with Crippen LogP contribution in [0, 0.1) is 11.8 Å². The molecule has 0 aromatic carbocycles. The molecule has 3 fully saturated rings. The second-order valence-corrected chi connectivity index (χ2v) is 14.0. The highest BCUT2D eigenvalue weighted by atomic mass is 16.6. The molecular weight excluding hydrogens is 644 g/mol. The number of rotatable bonds is 12. The van der Waals surface area contributed by atoms with Crippen LogP contribution in [0.5, 0.6) is 0 Å². The number of hydrogen-bond donors (Lipinski definition) is 1. The summed E-state index contributed by atoms with van der Waals surface area (Å²) in [4.78, 5) is 41.7. The second-order valence-electron chi connectivity index (χ2n) is 14.0. The van der Waals surface area contributed by atoms with Crippen LogP contribution in [0.15, 0.2) is 41.1 Å². The van der Waals surface area contributed by atoms with E-state index in [9.17, 15) is 14.4 Å². The second kappa shape index (κ2) is 20.4. The molecule has 12 nitrogen and oxygen atoms in total. The number of carbonyl (C=O) groups is 3. The molecule has 50 heavy (non-hydrogen) atoms. The van der Waals surface area contributed by atoms with E-state index < -0.39 is 24.3 Å². The Hall–Kier alpha value is -3.48. The fourth-order valence-electron chi connectivity index (χ4n) is 6.66. The van der Waals surface area contributed by atoms with E-state index in [0.29, 0.717) is 56.3 Å². The van der Waals surface area contributed by atoms with Gasteiger partial charge in [-0.05, 0) is 62.5 Å². The van der Waals surface area contributed by atoms with Crippen molar-refractivity contribution in [1.82, 2.24) is 10.3 Å². The maximum Gasteiger partial charge on any atom is 0.407 e. The minimum absolute atomic E-state index is 0.0180. The number of allylic oxidation sites excluding steroid dienone is 2. The van der Waals surface area contributed by atoms with Crippen molar-refractivity contribution in [2.45, 2.75) is 134 Å². The van der Waals surface area contributed by atoms with Gasteiger partial charge in [0.25, 0.3) is 0 Å². The van der Waals surface area contributed by atoms with Crippen molar-refractivity contribution >= 4 is 24.1 Å². The van der Waals surface area contributed by atoms with Gasteiger partial charge in [-0.1, -0.05) is 39.0 Å². The van der Waals surface area contributed by atoms with Crippen molar-refractivity contribution in [1.29, 1.82) is 0 Å². The van der Waals surface area contributed by atoms with E-state index in [-0.39, 0.29) is 49.5 Å². The summed E-state index contributed by atoms with van der Waals surface area (Å²) in [6, 6.07) is 0. The lowest BCUT2D eigenvalue weighted by molar-refractivity contribution is -0.171. The molecule has 4 rings (SSSR count). The first kappa shape index (κ1) is 39.3. The molecule has 4 heterocycles. The molecule has 0 aliphatic carbocycles. The number of cyclic esters (lactones) is 1. The number of aromatic nitrogens is 1. The Morgan fingerprint density at radius 1 is 1.00 bits per heavy atom.